The molecule has 19 heavy (non-hydrogen) atoms. The lowest BCUT2D eigenvalue weighted by atomic mass is 10.1. The van der Waals surface area contributed by atoms with Gasteiger partial charge in [0, 0.05) is 15.0 Å². The van der Waals surface area contributed by atoms with E-state index in [0.29, 0.717) is 4.88 Å². The number of hydrogen-bond acceptors (Lipinski definition) is 2. The highest BCUT2D eigenvalue weighted by Gasteiger charge is 2.14. The summed E-state index contributed by atoms with van der Waals surface area (Å²) in [4.78, 5) is 13.0. The second kappa shape index (κ2) is 6.52. The second-order valence-electron chi connectivity index (χ2n) is 3.89. The van der Waals surface area contributed by atoms with Crippen molar-refractivity contribution in [3.05, 3.63) is 49.0 Å². The molecular weight excluding hydrogens is 458 g/mol. The quantitative estimate of drug-likeness (QED) is 0.552. The molecule has 1 aromatic heterocycles. The summed E-state index contributed by atoms with van der Waals surface area (Å²) in [5, 5.41) is 2.95. The Hall–Kier alpha value is -0.170. The van der Waals surface area contributed by atoms with Crippen LogP contribution in [-0.4, -0.2) is 5.91 Å². The van der Waals surface area contributed by atoms with Crippen LogP contribution >= 0.6 is 59.1 Å². The molecule has 1 heterocycles. The highest BCUT2D eigenvalue weighted by atomic mass is 79.9. The van der Waals surface area contributed by atoms with Gasteiger partial charge in [0.25, 0.3) is 5.91 Å². The van der Waals surface area contributed by atoms with E-state index < -0.39 is 0 Å². The summed E-state index contributed by atoms with van der Waals surface area (Å²) < 4.78 is 1.81. The van der Waals surface area contributed by atoms with E-state index in [1.165, 1.54) is 11.3 Å². The van der Waals surface area contributed by atoms with Gasteiger partial charge in [-0.25, -0.2) is 0 Å². The summed E-state index contributed by atoms with van der Waals surface area (Å²) in [6.07, 6.45) is 0. The molecule has 0 aliphatic heterocycles. The topological polar surface area (TPSA) is 29.1 Å². The fourth-order valence-corrected chi connectivity index (χ4v) is 3.93. The van der Waals surface area contributed by atoms with Crippen LogP contribution in [0, 0.1) is 0 Å². The number of anilines is 1. The minimum absolute atomic E-state index is 0.1000. The van der Waals surface area contributed by atoms with E-state index in [9.17, 15) is 4.79 Å². The maximum atomic E-state index is 12.2. The Balaban J connectivity index is 2.24. The van der Waals surface area contributed by atoms with E-state index in [0.717, 1.165) is 19.5 Å². The van der Waals surface area contributed by atoms with Crippen molar-refractivity contribution >= 4 is 70.7 Å². The van der Waals surface area contributed by atoms with Crippen LogP contribution in [0.1, 0.15) is 27.0 Å². The molecular formula is C13H10Br3NOS. The van der Waals surface area contributed by atoms with Crippen molar-refractivity contribution < 1.29 is 4.79 Å². The van der Waals surface area contributed by atoms with E-state index in [2.05, 4.69) is 53.1 Å². The Morgan fingerprint density at radius 3 is 2.58 bits per heavy atom. The van der Waals surface area contributed by atoms with Crippen LogP contribution < -0.4 is 5.32 Å². The van der Waals surface area contributed by atoms with Crippen LogP contribution in [0.25, 0.3) is 0 Å². The number of thiophene rings is 1. The molecule has 1 aromatic carbocycles. The molecule has 1 amide bonds. The number of hydrogen-bond donors (Lipinski definition) is 1. The average molecular weight is 468 g/mol. The number of benzene rings is 1. The Kier molecular flexibility index (Phi) is 5.22. The molecule has 0 aliphatic carbocycles. The number of para-hydroxylation sites is 1. The largest absolute Gasteiger partial charge is 0.321 e. The highest BCUT2D eigenvalue weighted by molar-refractivity contribution is 9.13. The number of alkyl halides is 1. The third kappa shape index (κ3) is 3.68. The Bertz CT molecular complexity index is 590. The summed E-state index contributed by atoms with van der Waals surface area (Å²) >= 11 is 11.7. The van der Waals surface area contributed by atoms with E-state index in [1.54, 1.807) is 0 Å². The van der Waals surface area contributed by atoms with Crippen molar-refractivity contribution in [1.29, 1.82) is 0 Å². The second-order valence-corrected chi connectivity index (χ2v) is 8.49. The average Bonchev–Trinajstić information content (AvgIpc) is 2.70. The first-order chi connectivity index (χ1) is 8.99. The SMILES string of the molecule is CC(Br)c1ccccc1NC(=O)c1cc(Br)c(Br)s1. The molecule has 0 fully saturated rings. The number of nitrogens with one attached hydrogen (secondary N) is 1. The third-order valence-corrected chi connectivity index (χ3v) is 6.25. The maximum absolute atomic E-state index is 12.2. The molecule has 0 spiro atoms. The molecule has 1 N–H and O–H groups in total. The van der Waals surface area contributed by atoms with Gasteiger partial charge in [-0.15, -0.1) is 11.3 Å². The summed E-state index contributed by atoms with van der Waals surface area (Å²) in [7, 11) is 0. The first kappa shape index (κ1) is 15.2. The van der Waals surface area contributed by atoms with E-state index >= 15 is 0 Å². The lowest BCUT2D eigenvalue weighted by Gasteiger charge is -2.11. The van der Waals surface area contributed by atoms with Gasteiger partial charge in [-0.3, -0.25) is 4.79 Å². The fraction of sp³-hybridized carbons (Fsp3) is 0.154. The monoisotopic (exact) mass is 465 g/mol. The van der Waals surface area contributed by atoms with E-state index in [-0.39, 0.29) is 10.7 Å². The highest BCUT2D eigenvalue weighted by Crippen LogP contribution is 2.33. The van der Waals surface area contributed by atoms with Crippen molar-refractivity contribution in [3.8, 4) is 0 Å². The van der Waals surface area contributed by atoms with Crippen molar-refractivity contribution in [1.82, 2.24) is 0 Å². The van der Waals surface area contributed by atoms with Crippen LogP contribution in [0.2, 0.25) is 0 Å². The van der Waals surface area contributed by atoms with Gasteiger partial charge in [-0.2, -0.15) is 0 Å². The van der Waals surface area contributed by atoms with Gasteiger partial charge in [0.15, 0.2) is 0 Å². The van der Waals surface area contributed by atoms with E-state index in [1.807, 2.05) is 37.3 Å². The van der Waals surface area contributed by atoms with Crippen molar-refractivity contribution in [3.63, 3.8) is 0 Å². The Morgan fingerprint density at radius 1 is 1.32 bits per heavy atom. The molecule has 2 rings (SSSR count). The molecule has 0 aliphatic rings. The molecule has 2 nitrogen and oxygen atoms in total. The van der Waals surface area contributed by atoms with Gasteiger partial charge in [0.2, 0.25) is 0 Å². The molecule has 0 saturated carbocycles. The first-order valence-electron chi connectivity index (χ1n) is 5.48. The Labute approximate surface area is 141 Å². The summed E-state index contributed by atoms with van der Waals surface area (Å²) in [5.41, 5.74) is 1.89. The number of rotatable bonds is 3. The summed E-state index contributed by atoms with van der Waals surface area (Å²) in [6, 6.07) is 9.58. The zero-order valence-electron chi connectivity index (χ0n) is 9.91. The number of carbonyl (C=O) groups excluding carboxylic acids is 1. The van der Waals surface area contributed by atoms with Crippen LogP contribution in [0.15, 0.2) is 38.6 Å². The van der Waals surface area contributed by atoms with Gasteiger partial charge in [-0.05, 0) is 56.5 Å². The molecule has 1 atom stereocenters. The van der Waals surface area contributed by atoms with Crippen molar-refractivity contribution in [2.24, 2.45) is 0 Å². The van der Waals surface area contributed by atoms with Crippen LogP contribution in [0.5, 0.6) is 0 Å². The zero-order valence-corrected chi connectivity index (χ0v) is 15.5. The predicted molar refractivity (Wildman–Crippen MR) is 91.5 cm³/mol. The molecule has 2 aromatic rings. The predicted octanol–water partition coefficient (Wildman–Crippen LogP) is 5.98. The molecule has 1 unspecified atom stereocenters. The Morgan fingerprint density at radius 2 is 2.00 bits per heavy atom. The summed E-state index contributed by atoms with van der Waals surface area (Å²) in [5.74, 6) is -0.1000. The minimum Gasteiger partial charge on any atom is -0.321 e. The fourth-order valence-electron chi connectivity index (χ4n) is 1.60. The van der Waals surface area contributed by atoms with Crippen LogP contribution in [0.4, 0.5) is 5.69 Å². The van der Waals surface area contributed by atoms with Crippen LogP contribution in [0.3, 0.4) is 0 Å². The number of carbonyl (C=O) groups is 1. The van der Waals surface area contributed by atoms with Crippen LogP contribution in [-0.2, 0) is 0 Å². The zero-order chi connectivity index (χ0) is 14.0. The molecule has 6 heteroatoms. The molecule has 100 valence electrons. The lowest BCUT2D eigenvalue weighted by molar-refractivity contribution is 0.103. The van der Waals surface area contributed by atoms with Crippen molar-refractivity contribution in [2.45, 2.75) is 11.8 Å². The molecule has 0 saturated heterocycles. The van der Waals surface area contributed by atoms with Gasteiger partial charge >= 0.3 is 0 Å². The number of amides is 1. The first-order valence-corrected chi connectivity index (χ1v) is 8.80. The third-order valence-electron chi connectivity index (χ3n) is 2.51. The van der Waals surface area contributed by atoms with Gasteiger partial charge < -0.3 is 5.32 Å². The normalized spacial score (nSPS) is 12.2. The van der Waals surface area contributed by atoms with Crippen molar-refractivity contribution in [2.75, 3.05) is 5.32 Å². The molecule has 0 bridgehead atoms. The molecule has 0 radical (unpaired) electrons. The smallest absolute Gasteiger partial charge is 0.265 e. The van der Waals surface area contributed by atoms with E-state index in [4.69, 9.17) is 0 Å². The van der Waals surface area contributed by atoms with Gasteiger partial charge in [0.05, 0.1) is 8.66 Å². The minimum atomic E-state index is -0.1000. The lowest BCUT2D eigenvalue weighted by Crippen LogP contribution is -2.11. The standard InChI is InChI=1S/C13H10Br3NOS/c1-7(14)8-4-2-3-5-10(8)17-13(18)11-6-9(15)12(16)19-11/h2-7H,1H3,(H,17,18). The van der Waals surface area contributed by atoms with Gasteiger partial charge in [0.1, 0.15) is 0 Å². The summed E-state index contributed by atoms with van der Waals surface area (Å²) in [6.45, 7) is 2.03. The number of halogens is 3. The van der Waals surface area contributed by atoms with Gasteiger partial charge in [-0.1, -0.05) is 34.1 Å². The maximum Gasteiger partial charge on any atom is 0.265 e.